The lowest BCUT2D eigenvalue weighted by Crippen LogP contribution is -2.43. The molecule has 1 aliphatic heterocycles. The van der Waals surface area contributed by atoms with Gasteiger partial charge in [-0.3, -0.25) is 4.68 Å². The fraction of sp³-hybridized carbons (Fsp3) is 0.769. The van der Waals surface area contributed by atoms with Gasteiger partial charge in [0, 0.05) is 18.6 Å². The van der Waals surface area contributed by atoms with Gasteiger partial charge in [-0.25, -0.2) is 8.42 Å². The molecule has 1 saturated heterocycles. The van der Waals surface area contributed by atoms with E-state index in [1.54, 1.807) is 0 Å². The van der Waals surface area contributed by atoms with Crippen molar-refractivity contribution in [3.63, 3.8) is 0 Å². The van der Waals surface area contributed by atoms with E-state index in [4.69, 9.17) is 11.6 Å². The van der Waals surface area contributed by atoms with Crippen molar-refractivity contribution in [3.05, 3.63) is 16.4 Å². The third-order valence-electron chi connectivity index (χ3n) is 3.88. The molecule has 1 N–H and O–H groups in total. The second-order valence-electron chi connectivity index (χ2n) is 5.63. The monoisotopic (exact) mass is 319 g/mol. The van der Waals surface area contributed by atoms with Gasteiger partial charge >= 0.3 is 0 Å². The molecule has 1 aliphatic rings. The first-order valence-electron chi connectivity index (χ1n) is 7.00. The Bertz CT molecular complexity index is 597. The Balaban J connectivity index is 2.13. The van der Waals surface area contributed by atoms with Crippen LogP contribution < -0.4 is 5.32 Å². The number of nitrogens with zero attached hydrogens (tertiary/aromatic N) is 2. The fourth-order valence-electron chi connectivity index (χ4n) is 2.63. The molecule has 0 amide bonds. The number of hydrogen-bond acceptors (Lipinski definition) is 4. The van der Waals surface area contributed by atoms with E-state index in [1.807, 2.05) is 25.5 Å². The maximum Gasteiger partial charge on any atom is 0.152 e. The van der Waals surface area contributed by atoms with Crippen molar-refractivity contribution in [1.29, 1.82) is 0 Å². The van der Waals surface area contributed by atoms with E-state index < -0.39 is 9.84 Å². The van der Waals surface area contributed by atoms with E-state index in [9.17, 15) is 8.42 Å². The molecule has 114 valence electrons. The zero-order valence-corrected chi connectivity index (χ0v) is 13.8. The van der Waals surface area contributed by atoms with E-state index in [0.717, 1.165) is 24.4 Å². The Hall–Kier alpha value is -0.590. The molecule has 0 spiro atoms. The van der Waals surface area contributed by atoms with Gasteiger partial charge in [0.05, 0.1) is 27.9 Å². The molecule has 1 fully saturated rings. The van der Waals surface area contributed by atoms with Gasteiger partial charge in [-0.15, -0.1) is 0 Å². The predicted molar refractivity (Wildman–Crippen MR) is 80.8 cm³/mol. The van der Waals surface area contributed by atoms with Crippen molar-refractivity contribution in [2.45, 2.75) is 52.2 Å². The number of hydrogen-bond donors (Lipinski definition) is 1. The van der Waals surface area contributed by atoms with E-state index in [-0.39, 0.29) is 17.0 Å². The third-order valence-corrected chi connectivity index (χ3v) is 6.22. The molecule has 7 heteroatoms. The van der Waals surface area contributed by atoms with Crippen LogP contribution in [0.15, 0.2) is 0 Å². The van der Waals surface area contributed by atoms with Crippen LogP contribution in [0, 0.1) is 0 Å². The average Bonchev–Trinajstić information content (AvgIpc) is 2.84. The van der Waals surface area contributed by atoms with Crippen molar-refractivity contribution in [1.82, 2.24) is 15.1 Å². The second-order valence-corrected chi connectivity index (χ2v) is 8.19. The summed E-state index contributed by atoms with van der Waals surface area (Å²) < 4.78 is 25.1. The van der Waals surface area contributed by atoms with Crippen LogP contribution in [0.1, 0.15) is 38.6 Å². The minimum Gasteiger partial charge on any atom is -0.305 e. The number of sulfone groups is 1. The Labute approximate surface area is 125 Å². The van der Waals surface area contributed by atoms with Crippen molar-refractivity contribution in [2.24, 2.45) is 0 Å². The molecule has 1 aromatic rings. The minimum absolute atomic E-state index is 0.193. The Morgan fingerprint density at radius 3 is 2.65 bits per heavy atom. The highest BCUT2D eigenvalue weighted by Crippen LogP contribution is 2.26. The highest BCUT2D eigenvalue weighted by atomic mass is 35.5. The fourth-order valence-corrected chi connectivity index (χ4v) is 5.09. The van der Waals surface area contributed by atoms with Crippen LogP contribution in [0.3, 0.4) is 0 Å². The third kappa shape index (κ3) is 3.18. The molecule has 0 bridgehead atoms. The summed E-state index contributed by atoms with van der Waals surface area (Å²) in [6, 6.07) is 0. The van der Waals surface area contributed by atoms with E-state index in [1.165, 1.54) is 0 Å². The van der Waals surface area contributed by atoms with Crippen LogP contribution in [0.25, 0.3) is 0 Å². The van der Waals surface area contributed by atoms with Gasteiger partial charge in [0.2, 0.25) is 0 Å². The summed E-state index contributed by atoms with van der Waals surface area (Å²) in [4.78, 5) is 0. The van der Waals surface area contributed by atoms with Crippen molar-refractivity contribution in [2.75, 3.05) is 11.5 Å². The first-order chi connectivity index (χ1) is 9.30. The van der Waals surface area contributed by atoms with Crippen LogP contribution in [0.4, 0.5) is 0 Å². The normalized spacial score (nSPS) is 25.2. The topological polar surface area (TPSA) is 64.0 Å². The molecule has 0 aliphatic carbocycles. The lowest BCUT2D eigenvalue weighted by Gasteiger charge is -2.24. The molecule has 1 aromatic heterocycles. The lowest BCUT2D eigenvalue weighted by molar-refractivity contribution is 0.387. The average molecular weight is 320 g/mol. The number of aromatic nitrogens is 2. The Morgan fingerprint density at radius 1 is 1.45 bits per heavy atom. The Morgan fingerprint density at radius 2 is 2.15 bits per heavy atom. The van der Waals surface area contributed by atoms with Crippen LogP contribution >= 0.6 is 11.6 Å². The summed E-state index contributed by atoms with van der Waals surface area (Å²) in [6.07, 6.45) is 1.44. The minimum atomic E-state index is -2.90. The standard InChI is InChI=1S/C13H22ClN3O2S/c1-4-10-12(14)11(17(5-2)16-10)8-15-13(3)6-7-20(18,19)9-13/h15H,4-9H2,1-3H3. The summed E-state index contributed by atoms with van der Waals surface area (Å²) in [5, 5.41) is 8.53. The van der Waals surface area contributed by atoms with Gasteiger partial charge in [-0.05, 0) is 26.7 Å². The van der Waals surface area contributed by atoms with Crippen molar-refractivity contribution >= 4 is 21.4 Å². The SMILES string of the molecule is CCc1nn(CC)c(CNC2(C)CCS(=O)(=O)C2)c1Cl. The summed E-state index contributed by atoms with van der Waals surface area (Å²) >= 11 is 6.35. The zero-order chi connectivity index (χ0) is 15.0. The molecule has 0 saturated carbocycles. The lowest BCUT2D eigenvalue weighted by atomic mass is 10.0. The highest BCUT2D eigenvalue weighted by Gasteiger charge is 2.38. The molecule has 2 rings (SSSR count). The van der Waals surface area contributed by atoms with E-state index >= 15 is 0 Å². The Kier molecular flexibility index (Phi) is 4.47. The van der Waals surface area contributed by atoms with Crippen LogP contribution in [0.5, 0.6) is 0 Å². The molecule has 1 unspecified atom stereocenters. The maximum absolute atomic E-state index is 11.6. The van der Waals surface area contributed by atoms with Gasteiger partial charge in [0.1, 0.15) is 0 Å². The molecule has 0 radical (unpaired) electrons. The molecule has 1 atom stereocenters. The largest absolute Gasteiger partial charge is 0.305 e. The second kappa shape index (κ2) is 5.66. The number of nitrogens with one attached hydrogen (secondary N) is 1. The van der Waals surface area contributed by atoms with E-state index in [0.29, 0.717) is 18.0 Å². The number of halogens is 1. The van der Waals surface area contributed by atoms with Crippen LogP contribution in [0.2, 0.25) is 5.02 Å². The first-order valence-corrected chi connectivity index (χ1v) is 9.19. The van der Waals surface area contributed by atoms with Gasteiger partial charge in [-0.1, -0.05) is 18.5 Å². The summed E-state index contributed by atoms with van der Waals surface area (Å²) in [6.45, 7) is 7.31. The molecule has 5 nitrogen and oxygen atoms in total. The number of aryl methyl sites for hydroxylation is 2. The maximum atomic E-state index is 11.6. The van der Waals surface area contributed by atoms with Gasteiger partial charge in [0.15, 0.2) is 9.84 Å². The van der Waals surface area contributed by atoms with E-state index in [2.05, 4.69) is 10.4 Å². The first kappa shape index (κ1) is 15.8. The molecule has 2 heterocycles. The van der Waals surface area contributed by atoms with Crippen molar-refractivity contribution in [3.8, 4) is 0 Å². The highest BCUT2D eigenvalue weighted by molar-refractivity contribution is 7.91. The van der Waals surface area contributed by atoms with Crippen LogP contribution in [-0.4, -0.2) is 35.2 Å². The van der Waals surface area contributed by atoms with Gasteiger partial charge in [-0.2, -0.15) is 5.10 Å². The van der Waals surface area contributed by atoms with Crippen LogP contribution in [-0.2, 0) is 29.3 Å². The van der Waals surface area contributed by atoms with Gasteiger partial charge < -0.3 is 5.32 Å². The molecular formula is C13H22ClN3O2S. The molecule has 20 heavy (non-hydrogen) atoms. The zero-order valence-electron chi connectivity index (χ0n) is 12.2. The predicted octanol–water partition coefficient (Wildman–Crippen LogP) is 1.79. The number of rotatable bonds is 5. The van der Waals surface area contributed by atoms with Crippen molar-refractivity contribution < 1.29 is 8.42 Å². The summed E-state index contributed by atoms with van der Waals surface area (Å²) in [7, 11) is -2.90. The quantitative estimate of drug-likeness (QED) is 0.898. The summed E-state index contributed by atoms with van der Waals surface area (Å²) in [5.41, 5.74) is 1.48. The smallest absolute Gasteiger partial charge is 0.152 e. The molecular weight excluding hydrogens is 298 g/mol. The summed E-state index contributed by atoms with van der Waals surface area (Å²) in [5.74, 6) is 0.454. The molecule has 0 aromatic carbocycles. The van der Waals surface area contributed by atoms with Gasteiger partial charge in [0.25, 0.3) is 0 Å².